The predicted molar refractivity (Wildman–Crippen MR) is 59.6 cm³/mol. The number of carboxylic acids is 1. The van der Waals surface area contributed by atoms with Gasteiger partial charge in [0.25, 0.3) is 0 Å². The molecule has 14 heavy (non-hydrogen) atoms. The lowest BCUT2D eigenvalue weighted by Crippen LogP contribution is -2.33. The number of thiophene rings is 1. The number of hydrogen-bond donors (Lipinski definition) is 1. The maximum Gasteiger partial charge on any atom is 0.306 e. The van der Waals surface area contributed by atoms with Gasteiger partial charge in [-0.1, -0.05) is 0 Å². The highest BCUT2D eigenvalue weighted by Crippen LogP contribution is 2.38. The SMILES string of the molecule is O=C(O)C1CCC1Cc1cc(Br)cs1. The van der Waals surface area contributed by atoms with Crippen LogP contribution < -0.4 is 0 Å². The summed E-state index contributed by atoms with van der Waals surface area (Å²) in [6.07, 6.45) is 2.84. The average molecular weight is 275 g/mol. The van der Waals surface area contributed by atoms with Gasteiger partial charge in [-0.05, 0) is 47.2 Å². The van der Waals surface area contributed by atoms with Gasteiger partial charge in [-0.3, -0.25) is 4.79 Å². The van der Waals surface area contributed by atoms with Crippen molar-refractivity contribution in [2.24, 2.45) is 11.8 Å². The van der Waals surface area contributed by atoms with E-state index in [1.54, 1.807) is 11.3 Å². The molecule has 2 unspecified atom stereocenters. The Labute approximate surface area is 95.1 Å². The summed E-state index contributed by atoms with van der Waals surface area (Å²) in [7, 11) is 0. The fraction of sp³-hybridized carbons (Fsp3) is 0.500. The maximum atomic E-state index is 10.8. The van der Waals surface area contributed by atoms with Crippen LogP contribution in [0.1, 0.15) is 17.7 Å². The van der Waals surface area contributed by atoms with Crippen molar-refractivity contribution in [2.45, 2.75) is 19.3 Å². The summed E-state index contributed by atoms with van der Waals surface area (Å²) < 4.78 is 1.10. The van der Waals surface area contributed by atoms with Crippen molar-refractivity contribution in [1.29, 1.82) is 0 Å². The van der Waals surface area contributed by atoms with Crippen molar-refractivity contribution < 1.29 is 9.90 Å². The molecule has 1 fully saturated rings. The van der Waals surface area contributed by atoms with Gasteiger partial charge in [0, 0.05) is 14.7 Å². The molecule has 1 aliphatic rings. The van der Waals surface area contributed by atoms with Crippen LogP contribution in [0.25, 0.3) is 0 Å². The van der Waals surface area contributed by atoms with Crippen LogP contribution in [0.2, 0.25) is 0 Å². The van der Waals surface area contributed by atoms with Crippen molar-refractivity contribution >= 4 is 33.2 Å². The lowest BCUT2D eigenvalue weighted by Gasteiger charge is -2.32. The summed E-state index contributed by atoms with van der Waals surface area (Å²) in [6, 6.07) is 2.09. The van der Waals surface area contributed by atoms with Gasteiger partial charge in [-0.2, -0.15) is 0 Å². The van der Waals surface area contributed by atoms with Gasteiger partial charge in [0.05, 0.1) is 5.92 Å². The smallest absolute Gasteiger partial charge is 0.306 e. The molecule has 0 aliphatic heterocycles. The van der Waals surface area contributed by atoms with Crippen LogP contribution in [-0.2, 0) is 11.2 Å². The first-order valence-corrected chi connectivity index (χ1v) is 6.30. The van der Waals surface area contributed by atoms with Crippen LogP contribution in [0.3, 0.4) is 0 Å². The third-order valence-corrected chi connectivity index (χ3v) is 4.54. The molecule has 1 N–H and O–H groups in total. The lowest BCUT2D eigenvalue weighted by molar-refractivity contribution is -0.147. The first-order chi connectivity index (χ1) is 6.66. The molecule has 0 aromatic carbocycles. The van der Waals surface area contributed by atoms with E-state index in [4.69, 9.17) is 5.11 Å². The van der Waals surface area contributed by atoms with Gasteiger partial charge in [-0.25, -0.2) is 0 Å². The second-order valence-corrected chi connectivity index (χ2v) is 5.63. The Balaban J connectivity index is 1.95. The molecule has 1 heterocycles. The molecule has 1 aliphatic carbocycles. The molecule has 2 atom stereocenters. The summed E-state index contributed by atoms with van der Waals surface area (Å²) in [6.45, 7) is 0. The number of carbonyl (C=O) groups is 1. The van der Waals surface area contributed by atoms with E-state index < -0.39 is 5.97 Å². The van der Waals surface area contributed by atoms with Gasteiger partial charge < -0.3 is 5.11 Å². The van der Waals surface area contributed by atoms with Crippen LogP contribution in [0.15, 0.2) is 15.9 Å². The van der Waals surface area contributed by atoms with E-state index in [9.17, 15) is 4.79 Å². The molecule has 4 heteroatoms. The molecule has 0 radical (unpaired) electrons. The van der Waals surface area contributed by atoms with E-state index in [0.717, 1.165) is 23.7 Å². The third-order valence-electron chi connectivity index (χ3n) is 2.82. The van der Waals surface area contributed by atoms with Crippen molar-refractivity contribution in [3.63, 3.8) is 0 Å². The summed E-state index contributed by atoms with van der Waals surface area (Å²) >= 11 is 5.10. The van der Waals surface area contributed by atoms with Gasteiger partial charge in [-0.15, -0.1) is 11.3 Å². The van der Waals surface area contributed by atoms with Gasteiger partial charge in [0.2, 0.25) is 0 Å². The van der Waals surface area contributed by atoms with Crippen molar-refractivity contribution in [1.82, 2.24) is 0 Å². The topological polar surface area (TPSA) is 37.3 Å². The quantitative estimate of drug-likeness (QED) is 0.920. The second-order valence-electron chi connectivity index (χ2n) is 3.72. The molecule has 1 aromatic heterocycles. The highest BCUT2D eigenvalue weighted by molar-refractivity contribution is 9.10. The highest BCUT2D eigenvalue weighted by atomic mass is 79.9. The molecule has 0 bridgehead atoms. The van der Waals surface area contributed by atoms with Crippen LogP contribution >= 0.6 is 27.3 Å². The zero-order chi connectivity index (χ0) is 10.1. The molecular formula is C10H11BrO2S. The van der Waals surface area contributed by atoms with Crippen LogP contribution in [0.5, 0.6) is 0 Å². The summed E-state index contributed by atoms with van der Waals surface area (Å²) in [4.78, 5) is 12.1. The van der Waals surface area contributed by atoms with Crippen LogP contribution in [0.4, 0.5) is 0 Å². The summed E-state index contributed by atoms with van der Waals surface area (Å²) in [5.74, 6) is -0.370. The number of aliphatic carboxylic acids is 1. The van der Waals surface area contributed by atoms with E-state index in [2.05, 4.69) is 22.0 Å². The third kappa shape index (κ3) is 2.01. The minimum absolute atomic E-state index is 0.101. The first-order valence-electron chi connectivity index (χ1n) is 4.62. The Kier molecular flexibility index (Phi) is 2.93. The molecule has 0 spiro atoms. The molecule has 1 aromatic rings. The van der Waals surface area contributed by atoms with E-state index in [1.165, 1.54) is 4.88 Å². The van der Waals surface area contributed by atoms with Crippen molar-refractivity contribution in [3.05, 3.63) is 20.8 Å². The monoisotopic (exact) mass is 274 g/mol. The molecule has 1 saturated carbocycles. The Hall–Kier alpha value is -0.350. The largest absolute Gasteiger partial charge is 0.481 e. The zero-order valence-electron chi connectivity index (χ0n) is 7.57. The fourth-order valence-corrected chi connectivity index (χ4v) is 3.40. The van der Waals surface area contributed by atoms with E-state index in [0.29, 0.717) is 5.92 Å². The fourth-order valence-electron chi connectivity index (χ4n) is 1.86. The molecule has 2 rings (SSSR count). The maximum absolute atomic E-state index is 10.8. The van der Waals surface area contributed by atoms with E-state index >= 15 is 0 Å². The van der Waals surface area contributed by atoms with E-state index in [-0.39, 0.29) is 5.92 Å². The standard InChI is InChI=1S/C10H11BrO2S/c11-7-4-8(14-5-7)3-6-1-2-9(6)10(12)13/h4-6,9H,1-3H2,(H,12,13). The highest BCUT2D eigenvalue weighted by Gasteiger charge is 2.36. The first kappa shape index (κ1) is 10.2. The van der Waals surface area contributed by atoms with Crippen molar-refractivity contribution in [3.8, 4) is 0 Å². The number of rotatable bonds is 3. The molecular weight excluding hydrogens is 264 g/mol. The predicted octanol–water partition coefficient (Wildman–Crippen LogP) is 3.16. The molecule has 0 saturated heterocycles. The van der Waals surface area contributed by atoms with Crippen LogP contribution in [-0.4, -0.2) is 11.1 Å². The normalized spacial score (nSPS) is 25.8. The Morgan fingerprint density at radius 3 is 2.86 bits per heavy atom. The number of carboxylic acid groups (broad SMARTS) is 1. The minimum Gasteiger partial charge on any atom is -0.481 e. The van der Waals surface area contributed by atoms with Gasteiger partial charge >= 0.3 is 5.97 Å². The Bertz CT molecular complexity index is 348. The van der Waals surface area contributed by atoms with Crippen LogP contribution in [0, 0.1) is 11.8 Å². The summed E-state index contributed by atoms with van der Waals surface area (Å²) in [5, 5.41) is 10.9. The van der Waals surface area contributed by atoms with Gasteiger partial charge in [0.15, 0.2) is 0 Å². The van der Waals surface area contributed by atoms with Crippen molar-refractivity contribution in [2.75, 3.05) is 0 Å². The molecule has 2 nitrogen and oxygen atoms in total. The molecule has 76 valence electrons. The Morgan fingerprint density at radius 1 is 1.64 bits per heavy atom. The zero-order valence-corrected chi connectivity index (χ0v) is 9.97. The average Bonchev–Trinajstić information content (AvgIpc) is 2.44. The Morgan fingerprint density at radius 2 is 2.43 bits per heavy atom. The lowest BCUT2D eigenvalue weighted by atomic mass is 9.72. The number of hydrogen-bond acceptors (Lipinski definition) is 2. The molecule has 0 amide bonds. The summed E-state index contributed by atoms with van der Waals surface area (Å²) in [5.41, 5.74) is 0. The second kappa shape index (κ2) is 4.03. The minimum atomic E-state index is -0.628. The van der Waals surface area contributed by atoms with Gasteiger partial charge in [0.1, 0.15) is 0 Å². The number of halogens is 1. The van der Waals surface area contributed by atoms with E-state index in [1.807, 2.05) is 5.38 Å².